The summed E-state index contributed by atoms with van der Waals surface area (Å²) in [6.45, 7) is 3.67. The number of carbonyl (C=O) groups excluding carboxylic acids is 1. The van der Waals surface area contributed by atoms with E-state index in [1.165, 1.54) is 17.0 Å². The lowest BCUT2D eigenvalue weighted by molar-refractivity contribution is -0.384. The van der Waals surface area contributed by atoms with Crippen molar-refractivity contribution in [1.82, 2.24) is 9.47 Å². The van der Waals surface area contributed by atoms with Crippen LogP contribution in [0.15, 0.2) is 36.9 Å². The van der Waals surface area contributed by atoms with E-state index in [2.05, 4.69) is 6.58 Å². The number of hydrogen-bond acceptors (Lipinski definition) is 3. The minimum absolute atomic E-state index is 0.0112. The maximum Gasteiger partial charge on any atom is 0.328 e. The monoisotopic (exact) mass is 273 g/mol. The van der Waals surface area contributed by atoms with Gasteiger partial charge in [-0.25, -0.2) is 4.79 Å². The van der Waals surface area contributed by atoms with Crippen molar-refractivity contribution in [3.05, 3.63) is 52.7 Å². The van der Waals surface area contributed by atoms with E-state index in [0.29, 0.717) is 17.3 Å². The van der Waals surface area contributed by atoms with Gasteiger partial charge in [0.25, 0.3) is 5.69 Å². The van der Waals surface area contributed by atoms with Gasteiger partial charge in [-0.2, -0.15) is 0 Å². The van der Waals surface area contributed by atoms with Crippen molar-refractivity contribution in [3.63, 3.8) is 0 Å². The Hall–Kier alpha value is -2.63. The van der Waals surface area contributed by atoms with Crippen LogP contribution in [-0.2, 0) is 6.42 Å². The molecular formula is C14H15N3O3. The third-order valence-corrected chi connectivity index (χ3v) is 3.00. The van der Waals surface area contributed by atoms with Crippen LogP contribution in [-0.4, -0.2) is 34.5 Å². The molecule has 1 aromatic heterocycles. The van der Waals surface area contributed by atoms with Crippen molar-refractivity contribution in [2.24, 2.45) is 0 Å². The fourth-order valence-electron chi connectivity index (χ4n) is 2.10. The molecule has 1 amide bonds. The van der Waals surface area contributed by atoms with Gasteiger partial charge in [0.05, 0.1) is 10.4 Å². The molecule has 0 unspecified atom stereocenters. The maximum absolute atomic E-state index is 12.3. The molecule has 20 heavy (non-hydrogen) atoms. The molecule has 6 nitrogen and oxygen atoms in total. The molecule has 1 heterocycles. The summed E-state index contributed by atoms with van der Waals surface area (Å²) >= 11 is 0. The molecule has 0 aliphatic heterocycles. The SMILES string of the molecule is C=CCc1cc2cc([N+](=O)[O-])ccc2n1C(=O)N(C)C. The molecule has 0 bridgehead atoms. The van der Waals surface area contributed by atoms with E-state index < -0.39 is 4.92 Å². The molecule has 0 fully saturated rings. The Bertz CT molecular complexity index is 701. The van der Waals surface area contributed by atoms with Gasteiger partial charge in [0.1, 0.15) is 0 Å². The van der Waals surface area contributed by atoms with Gasteiger partial charge in [0.15, 0.2) is 0 Å². The second kappa shape index (κ2) is 5.16. The van der Waals surface area contributed by atoms with E-state index in [9.17, 15) is 14.9 Å². The first-order chi connectivity index (χ1) is 9.45. The quantitative estimate of drug-likeness (QED) is 0.490. The number of allylic oxidation sites excluding steroid dienone is 1. The summed E-state index contributed by atoms with van der Waals surface area (Å²) in [6.07, 6.45) is 2.21. The first kappa shape index (κ1) is 13.8. The number of hydrogen-bond donors (Lipinski definition) is 0. The summed E-state index contributed by atoms with van der Waals surface area (Å²) in [4.78, 5) is 24.1. The van der Waals surface area contributed by atoms with Crippen LogP contribution in [0.5, 0.6) is 0 Å². The van der Waals surface area contributed by atoms with Crippen molar-refractivity contribution < 1.29 is 9.72 Å². The normalized spacial score (nSPS) is 10.5. The van der Waals surface area contributed by atoms with Crippen LogP contribution in [0, 0.1) is 10.1 Å². The third-order valence-electron chi connectivity index (χ3n) is 3.00. The summed E-state index contributed by atoms with van der Waals surface area (Å²) < 4.78 is 1.56. The second-order valence-corrected chi connectivity index (χ2v) is 4.64. The number of amides is 1. The Kier molecular flexibility index (Phi) is 3.56. The first-order valence-corrected chi connectivity index (χ1v) is 6.07. The Morgan fingerprint density at radius 1 is 1.45 bits per heavy atom. The Morgan fingerprint density at radius 3 is 2.70 bits per heavy atom. The van der Waals surface area contributed by atoms with E-state index in [0.717, 1.165) is 5.69 Å². The van der Waals surface area contributed by atoms with Gasteiger partial charge in [-0.15, -0.1) is 6.58 Å². The minimum atomic E-state index is -0.447. The predicted molar refractivity (Wildman–Crippen MR) is 77.0 cm³/mol. The number of aromatic nitrogens is 1. The smallest absolute Gasteiger partial charge is 0.328 e. The molecule has 6 heteroatoms. The lowest BCUT2D eigenvalue weighted by atomic mass is 10.2. The molecule has 0 atom stereocenters. The molecule has 0 aliphatic carbocycles. The summed E-state index contributed by atoms with van der Waals surface area (Å²) in [6, 6.07) is 6.07. The molecule has 2 aromatic rings. The Balaban J connectivity index is 2.69. The van der Waals surface area contributed by atoms with E-state index in [1.54, 1.807) is 36.9 Å². The van der Waals surface area contributed by atoms with E-state index >= 15 is 0 Å². The molecule has 0 saturated heterocycles. The summed E-state index contributed by atoms with van der Waals surface area (Å²) in [7, 11) is 3.33. The van der Waals surface area contributed by atoms with Gasteiger partial charge >= 0.3 is 6.03 Å². The van der Waals surface area contributed by atoms with Gasteiger partial charge in [-0.05, 0) is 12.1 Å². The second-order valence-electron chi connectivity index (χ2n) is 4.64. The zero-order valence-electron chi connectivity index (χ0n) is 11.4. The zero-order valence-corrected chi connectivity index (χ0v) is 11.4. The van der Waals surface area contributed by atoms with Crippen LogP contribution in [0.25, 0.3) is 10.9 Å². The Labute approximate surface area is 116 Å². The van der Waals surface area contributed by atoms with Gasteiger partial charge in [-0.1, -0.05) is 6.08 Å². The fraction of sp³-hybridized carbons (Fsp3) is 0.214. The van der Waals surface area contributed by atoms with E-state index in [4.69, 9.17) is 0 Å². The highest BCUT2D eigenvalue weighted by atomic mass is 16.6. The highest BCUT2D eigenvalue weighted by Gasteiger charge is 2.17. The van der Waals surface area contributed by atoms with Crippen molar-refractivity contribution in [1.29, 1.82) is 0 Å². The Morgan fingerprint density at radius 2 is 2.15 bits per heavy atom. The van der Waals surface area contributed by atoms with E-state index in [-0.39, 0.29) is 11.7 Å². The molecular weight excluding hydrogens is 258 g/mol. The van der Waals surface area contributed by atoms with Crippen molar-refractivity contribution in [2.75, 3.05) is 14.1 Å². The number of non-ortho nitro benzene ring substituents is 1. The highest BCUT2D eigenvalue weighted by Crippen LogP contribution is 2.25. The molecule has 0 radical (unpaired) electrons. The lowest BCUT2D eigenvalue weighted by Crippen LogP contribution is -2.28. The number of benzene rings is 1. The van der Waals surface area contributed by atoms with Crippen LogP contribution in [0.2, 0.25) is 0 Å². The van der Waals surface area contributed by atoms with Crippen molar-refractivity contribution in [3.8, 4) is 0 Å². The number of fused-ring (bicyclic) bond motifs is 1. The van der Waals surface area contributed by atoms with Crippen LogP contribution < -0.4 is 0 Å². The van der Waals surface area contributed by atoms with Gasteiger partial charge in [-0.3, -0.25) is 14.7 Å². The maximum atomic E-state index is 12.3. The molecule has 2 rings (SSSR count). The average molecular weight is 273 g/mol. The average Bonchev–Trinajstić information content (AvgIpc) is 2.74. The standard InChI is InChI=1S/C14H15N3O3/c1-4-5-11-8-10-9-12(17(19)20)6-7-13(10)16(11)14(18)15(2)3/h4,6-9H,1,5H2,2-3H3. The summed E-state index contributed by atoms with van der Waals surface area (Å²) in [5, 5.41) is 11.5. The molecule has 0 aliphatic rings. The number of nitro groups is 1. The topological polar surface area (TPSA) is 68.4 Å². The molecule has 0 spiro atoms. The van der Waals surface area contributed by atoms with Crippen LogP contribution in [0.3, 0.4) is 0 Å². The first-order valence-electron chi connectivity index (χ1n) is 6.07. The van der Waals surface area contributed by atoms with Gasteiger partial charge in [0.2, 0.25) is 0 Å². The fourth-order valence-corrected chi connectivity index (χ4v) is 2.10. The van der Waals surface area contributed by atoms with Gasteiger partial charge < -0.3 is 4.90 Å². The number of nitro benzene ring substituents is 1. The minimum Gasteiger partial charge on any atom is -0.330 e. The number of nitrogens with zero attached hydrogens (tertiary/aromatic N) is 3. The van der Waals surface area contributed by atoms with E-state index in [1.807, 2.05) is 0 Å². The molecule has 0 N–H and O–H groups in total. The molecule has 104 valence electrons. The van der Waals surface area contributed by atoms with Gasteiger partial charge in [0, 0.05) is 43.7 Å². The third kappa shape index (κ3) is 2.27. The largest absolute Gasteiger partial charge is 0.330 e. The summed E-state index contributed by atoms with van der Waals surface area (Å²) in [5.74, 6) is 0. The summed E-state index contributed by atoms with van der Waals surface area (Å²) in [5.41, 5.74) is 1.43. The highest BCUT2D eigenvalue weighted by molar-refractivity contribution is 5.93. The van der Waals surface area contributed by atoms with Crippen LogP contribution >= 0.6 is 0 Å². The molecule has 0 saturated carbocycles. The van der Waals surface area contributed by atoms with Crippen LogP contribution in [0.1, 0.15) is 5.69 Å². The zero-order chi connectivity index (χ0) is 14.9. The number of rotatable bonds is 3. The lowest BCUT2D eigenvalue weighted by Gasteiger charge is -2.14. The molecule has 1 aromatic carbocycles. The van der Waals surface area contributed by atoms with Crippen molar-refractivity contribution in [2.45, 2.75) is 6.42 Å². The predicted octanol–water partition coefficient (Wildman–Crippen LogP) is 2.81. The van der Waals surface area contributed by atoms with Crippen molar-refractivity contribution >= 4 is 22.6 Å². The van der Waals surface area contributed by atoms with Crippen LogP contribution in [0.4, 0.5) is 10.5 Å². The number of carbonyl (C=O) groups is 1.